The van der Waals surface area contributed by atoms with E-state index in [0.29, 0.717) is 24.2 Å². The number of anilines is 2. The second-order valence-electron chi connectivity index (χ2n) is 4.21. The van der Waals surface area contributed by atoms with Crippen molar-refractivity contribution >= 4 is 29.1 Å². The summed E-state index contributed by atoms with van der Waals surface area (Å²) < 4.78 is 5.17. The largest absolute Gasteiger partial charge is 1.00 e. The van der Waals surface area contributed by atoms with Crippen molar-refractivity contribution in [3.8, 4) is 0 Å². The molecule has 0 spiro atoms. The second kappa shape index (κ2) is 7.98. The van der Waals surface area contributed by atoms with Gasteiger partial charge in [0.1, 0.15) is 0 Å². The number of hydrogen-bond donors (Lipinski definition) is 1. The van der Waals surface area contributed by atoms with Crippen molar-refractivity contribution in [2.24, 2.45) is 5.10 Å². The SMILES string of the molecule is CCOC1=NN(c2ccc(NC(C)=O)cc2)C(=O)/C1=C\[O-].[Na+]. The number of carbonyl (C=O) groups excluding carboxylic acids is 2. The van der Waals surface area contributed by atoms with E-state index in [4.69, 9.17) is 4.74 Å². The molecule has 110 valence electrons. The molecule has 1 heterocycles. The van der Waals surface area contributed by atoms with E-state index < -0.39 is 5.91 Å². The van der Waals surface area contributed by atoms with Crippen LogP contribution in [0.4, 0.5) is 11.4 Å². The zero-order chi connectivity index (χ0) is 15.4. The molecular weight excluding hydrogens is 297 g/mol. The first-order valence-corrected chi connectivity index (χ1v) is 6.32. The van der Waals surface area contributed by atoms with Gasteiger partial charge in [0.15, 0.2) is 0 Å². The van der Waals surface area contributed by atoms with E-state index in [9.17, 15) is 14.7 Å². The van der Waals surface area contributed by atoms with E-state index >= 15 is 0 Å². The van der Waals surface area contributed by atoms with Gasteiger partial charge in [0.2, 0.25) is 11.8 Å². The number of benzene rings is 1. The molecular formula is C14H14N3NaO4. The molecule has 0 bridgehead atoms. The van der Waals surface area contributed by atoms with Crippen LogP contribution in [0.3, 0.4) is 0 Å². The minimum absolute atomic E-state index is 0. The molecule has 1 aliphatic heterocycles. The van der Waals surface area contributed by atoms with Crippen molar-refractivity contribution in [1.29, 1.82) is 0 Å². The molecule has 0 saturated carbocycles. The summed E-state index contributed by atoms with van der Waals surface area (Å²) in [5.41, 5.74) is 0.970. The van der Waals surface area contributed by atoms with Crippen LogP contribution < -0.4 is 45.0 Å². The van der Waals surface area contributed by atoms with Crippen LogP contribution in [0, 0.1) is 0 Å². The van der Waals surface area contributed by atoms with Gasteiger partial charge in [-0.1, -0.05) is 0 Å². The number of hydrogen-bond acceptors (Lipinski definition) is 5. The van der Waals surface area contributed by atoms with Gasteiger partial charge in [-0.3, -0.25) is 9.59 Å². The molecule has 1 aromatic rings. The number of nitrogens with one attached hydrogen (secondary N) is 1. The van der Waals surface area contributed by atoms with Crippen molar-refractivity contribution in [1.82, 2.24) is 0 Å². The van der Waals surface area contributed by atoms with Crippen LogP contribution in [0.2, 0.25) is 0 Å². The molecule has 0 fully saturated rings. The summed E-state index contributed by atoms with van der Waals surface area (Å²) in [7, 11) is 0. The van der Waals surface area contributed by atoms with Crippen molar-refractivity contribution in [3.63, 3.8) is 0 Å². The van der Waals surface area contributed by atoms with E-state index in [2.05, 4.69) is 10.4 Å². The molecule has 0 atom stereocenters. The van der Waals surface area contributed by atoms with Crippen LogP contribution in [0.5, 0.6) is 0 Å². The summed E-state index contributed by atoms with van der Waals surface area (Å²) in [6.45, 7) is 3.45. The van der Waals surface area contributed by atoms with Crippen LogP contribution in [0.15, 0.2) is 41.2 Å². The Labute approximate surface area is 149 Å². The molecule has 0 unspecified atom stereocenters. The Bertz CT molecular complexity index is 625. The van der Waals surface area contributed by atoms with Gasteiger partial charge < -0.3 is 15.2 Å². The van der Waals surface area contributed by atoms with Gasteiger partial charge in [-0.2, -0.15) is 5.01 Å². The summed E-state index contributed by atoms with van der Waals surface area (Å²) in [6, 6.07) is 6.51. The molecule has 22 heavy (non-hydrogen) atoms. The Balaban J connectivity index is 0.00000242. The van der Waals surface area contributed by atoms with Gasteiger partial charge in [0.25, 0.3) is 5.91 Å². The maximum atomic E-state index is 12.1. The van der Waals surface area contributed by atoms with Crippen LogP contribution in [-0.2, 0) is 14.3 Å². The molecule has 7 nitrogen and oxygen atoms in total. The molecule has 0 aliphatic carbocycles. The number of carbonyl (C=O) groups is 2. The zero-order valence-corrected chi connectivity index (χ0v) is 14.6. The van der Waals surface area contributed by atoms with E-state index in [1.54, 1.807) is 31.2 Å². The Hall–Kier alpha value is -1.83. The maximum Gasteiger partial charge on any atom is 1.00 e. The van der Waals surface area contributed by atoms with Gasteiger partial charge >= 0.3 is 29.6 Å². The Morgan fingerprint density at radius 2 is 2.05 bits per heavy atom. The number of hydrazone groups is 1. The smallest absolute Gasteiger partial charge is 0.877 e. The zero-order valence-electron chi connectivity index (χ0n) is 12.6. The standard InChI is InChI=1S/C14H15N3O4.Na/c1-3-21-13-12(8-18)14(20)17(16-13)11-6-4-10(5-7-11)15-9(2)19;/h4-8,18H,3H2,1-2H3,(H,15,19);/q;+1/p-1/b12-8-;. The number of amides is 2. The van der Waals surface area contributed by atoms with E-state index in [0.717, 1.165) is 5.01 Å². The third-order valence-electron chi connectivity index (χ3n) is 2.68. The first-order chi connectivity index (χ1) is 10.1. The molecule has 1 aliphatic rings. The number of rotatable bonds is 3. The van der Waals surface area contributed by atoms with Crippen molar-refractivity contribution in [3.05, 3.63) is 36.1 Å². The average molecular weight is 311 g/mol. The third kappa shape index (κ3) is 3.88. The fourth-order valence-corrected chi connectivity index (χ4v) is 1.80. The van der Waals surface area contributed by atoms with Crippen LogP contribution in [0.25, 0.3) is 0 Å². The average Bonchev–Trinajstić information content (AvgIpc) is 2.76. The van der Waals surface area contributed by atoms with E-state index in [1.807, 2.05) is 0 Å². The van der Waals surface area contributed by atoms with Crippen molar-refractivity contribution in [2.45, 2.75) is 13.8 Å². The summed E-state index contributed by atoms with van der Waals surface area (Å²) in [6.07, 6.45) is 0.433. The minimum Gasteiger partial charge on any atom is -0.877 e. The predicted octanol–water partition coefficient (Wildman–Crippen LogP) is -2.41. The molecule has 2 rings (SSSR count). The van der Waals surface area contributed by atoms with Crippen LogP contribution in [-0.4, -0.2) is 24.3 Å². The van der Waals surface area contributed by atoms with Crippen molar-refractivity contribution < 1.29 is 49.0 Å². The van der Waals surface area contributed by atoms with Crippen LogP contribution >= 0.6 is 0 Å². The molecule has 0 aromatic heterocycles. The van der Waals surface area contributed by atoms with E-state index in [1.165, 1.54) is 6.92 Å². The summed E-state index contributed by atoms with van der Waals surface area (Å²) in [4.78, 5) is 23.0. The Morgan fingerprint density at radius 3 is 2.55 bits per heavy atom. The Kier molecular flexibility index (Phi) is 6.61. The predicted molar refractivity (Wildman–Crippen MR) is 75.4 cm³/mol. The summed E-state index contributed by atoms with van der Waals surface area (Å²) >= 11 is 0. The van der Waals surface area contributed by atoms with Gasteiger partial charge in [0.05, 0.1) is 17.9 Å². The van der Waals surface area contributed by atoms with E-state index in [-0.39, 0.29) is 46.9 Å². The Morgan fingerprint density at radius 1 is 1.41 bits per heavy atom. The monoisotopic (exact) mass is 311 g/mol. The van der Waals surface area contributed by atoms with Gasteiger partial charge in [0, 0.05) is 12.6 Å². The van der Waals surface area contributed by atoms with Crippen molar-refractivity contribution in [2.75, 3.05) is 16.9 Å². The molecule has 0 radical (unpaired) electrons. The topological polar surface area (TPSA) is 94.1 Å². The normalized spacial score (nSPS) is 15.4. The quantitative estimate of drug-likeness (QED) is 0.382. The molecule has 2 amide bonds. The second-order valence-corrected chi connectivity index (χ2v) is 4.21. The first-order valence-electron chi connectivity index (χ1n) is 6.32. The third-order valence-corrected chi connectivity index (χ3v) is 2.68. The molecule has 1 N–H and O–H groups in total. The molecule has 1 aromatic carbocycles. The first kappa shape index (κ1) is 18.2. The molecule has 0 saturated heterocycles. The summed E-state index contributed by atoms with van der Waals surface area (Å²) in [5, 5.41) is 18.7. The van der Waals surface area contributed by atoms with Gasteiger partial charge in [-0.25, -0.2) is 0 Å². The minimum atomic E-state index is -0.541. The molecule has 8 heteroatoms. The fourth-order valence-electron chi connectivity index (χ4n) is 1.80. The number of ether oxygens (including phenoxy) is 1. The van der Waals surface area contributed by atoms with Gasteiger partial charge in [-0.15, -0.1) is 11.4 Å². The number of nitrogens with zero attached hydrogens (tertiary/aromatic N) is 2. The summed E-state index contributed by atoms with van der Waals surface area (Å²) in [5.74, 6) is -0.711. The fraction of sp³-hybridized carbons (Fsp3) is 0.214. The maximum absolute atomic E-state index is 12.1. The van der Waals surface area contributed by atoms with Gasteiger partial charge in [-0.05, 0) is 31.2 Å². The van der Waals surface area contributed by atoms with Crippen LogP contribution in [0.1, 0.15) is 13.8 Å².